The van der Waals surface area contributed by atoms with Crippen molar-refractivity contribution < 1.29 is 13.2 Å². The zero-order chi connectivity index (χ0) is 19.8. The Balaban J connectivity index is 1.92. The molecular formula is C20H17Cl3F3N. The van der Waals surface area contributed by atoms with Crippen molar-refractivity contribution in [3.05, 3.63) is 73.7 Å². The molecular weight excluding hydrogens is 418 g/mol. The van der Waals surface area contributed by atoms with E-state index in [1.807, 2.05) is 25.2 Å². The van der Waals surface area contributed by atoms with E-state index in [4.69, 9.17) is 34.8 Å². The fraction of sp³-hybridized carbons (Fsp3) is 0.300. The predicted octanol–water partition coefficient (Wildman–Crippen LogP) is 7.21. The highest BCUT2D eigenvalue weighted by molar-refractivity contribution is 6.48. The first-order valence-electron chi connectivity index (χ1n) is 8.40. The molecule has 0 amide bonds. The zero-order valence-corrected chi connectivity index (χ0v) is 16.6. The van der Waals surface area contributed by atoms with E-state index >= 15 is 0 Å². The third kappa shape index (κ3) is 4.45. The highest BCUT2D eigenvalue weighted by Gasteiger charge is 2.39. The van der Waals surface area contributed by atoms with Gasteiger partial charge in [0, 0.05) is 6.04 Å². The fourth-order valence-corrected chi connectivity index (χ4v) is 4.03. The van der Waals surface area contributed by atoms with Gasteiger partial charge in [-0.15, -0.1) is 0 Å². The van der Waals surface area contributed by atoms with Crippen LogP contribution in [-0.4, -0.2) is 13.2 Å². The summed E-state index contributed by atoms with van der Waals surface area (Å²) in [4.78, 5) is 0. The van der Waals surface area contributed by atoms with E-state index in [2.05, 4.69) is 5.32 Å². The van der Waals surface area contributed by atoms with Crippen molar-refractivity contribution in [2.75, 3.05) is 7.05 Å². The first kappa shape index (κ1) is 20.5. The van der Waals surface area contributed by atoms with Gasteiger partial charge in [0.1, 0.15) is 0 Å². The molecule has 2 aromatic rings. The molecule has 0 aromatic heterocycles. The van der Waals surface area contributed by atoms with E-state index in [9.17, 15) is 13.2 Å². The van der Waals surface area contributed by atoms with E-state index in [1.54, 1.807) is 0 Å². The summed E-state index contributed by atoms with van der Waals surface area (Å²) < 4.78 is 40.8. The molecule has 144 valence electrons. The minimum Gasteiger partial charge on any atom is -0.313 e. The highest BCUT2D eigenvalue weighted by Crippen LogP contribution is 2.41. The molecule has 0 fully saturated rings. The molecule has 0 spiro atoms. The van der Waals surface area contributed by atoms with Gasteiger partial charge in [-0.2, -0.15) is 13.2 Å². The Kier molecular flexibility index (Phi) is 6.11. The summed E-state index contributed by atoms with van der Waals surface area (Å²) in [6.07, 6.45) is 0.0359. The Morgan fingerprint density at radius 1 is 1.11 bits per heavy atom. The van der Waals surface area contributed by atoms with Crippen molar-refractivity contribution in [1.82, 2.24) is 5.32 Å². The van der Waals surface area contributed by atoms with Crippen molar-refractivity contribution >= 4 is 40.9 Å². The summed E-state index contributed by atoms with van der Waals surface area (Å²) >= 11 is 17.7. The Morgan fingerprint density at radius 3 is 2.37 bits per heavy atom. The zero-order valence-electron chi connectivity index (χ0n) is 14.4. The molecule has 3 rings (SSSR count). The van der Waals surface area contributed by atoms with Gasteiger partial charge >= 0.3 is 6.18 Å². The van der Waals surface area contributed by atoms with Gasteiger partial charge in [0.15, 0.2) is 0 Å². The number of nitrogens with one attached hydrogen (secondary N) is 1. The number of aryl methyl sites for hydroxylation is 1. The smallest absolute Gasteiger partial charge is 0.313 e. The minimum atomic E-state index is -4.48. The SMILES string of the molecule is CNC1CCc2cc(/C=C/C(c3cc(Cl)c(Cl)c(Cl)c3)C(F)(F)F)ccc21. The number of rotatable bonds is 4. The summed E-state index contributed by atoms with van der Waals surface area (Å²) in [5, 5.41) is 3.29. The summed E-state index contributed by atoms with van der Waals surface area (Å²) in [5.74, 6) is -1.83. The van der Waals surface area contributed by atoms with Crippen LogP contribution in [0.5, 0.6) is 0 Å². The number of benzene rings is 2. The van der Waals surface area contributed by atoms with Gasteiger partial charge < -0.3 is 5.32 Å². The first-order chi connectivity index (χ1) is 12.7. The lowest BCUT2D eigenvalue weighted by Gasteiger charge is -2.18. The molecule has 0 radical (unpaired) electrons. The molecule has 0 saturated carbocycles. The molecule has 0 aliphatic heterocycles. The van der Waals surface area contributed by atoms with Gasteiger partial charge in [0.2, 0.25) is 0 Å². The maximum atomic E-state index is 13.6. The molecule has 7 heteroatoms. The van der Waals surface area contributed by atoms with Gasteiger partial charge in [-0.05, 0) is 54.3 Å². The molecule has 0 saturated heterocycles. The van der Waals surface area contributed by atoms with Crippen molar-refractivity contribution in [3.63, 3.8) is 0 Å². The topological polar surface area (TPSA) is 12.0 Å². The van der Waals surface area contributed by atoms with Crippen LogP contribution in [0.4, 0.5) is 13.2 Å². The molecule has 1 aliphatic carbocycles. The monoisotopic (exact) mass is 433 g/mol. The van der Waals surface area contributed by atoms with E-state index in [1.165, 1.54) is 23.8 Å². The molecule has 1 nitrogen and oxygen atoms in total. The second kappa shape index (κ2) is 8.04. The van der Waals surface area contributed by atoms with E-state index in [0.717, 1.165) is 30.0 Å². The third-order valence-corrected chi connectivity index (χ3v) is 5.99. The number of fused-ring (bicyclic) bond motifs is 1. The maximum absolute atomic E-state index is 13.6. The van der Waals surface area contributed by atoms with Crippen LogP contribution in [0.3, 0.4) is 0 Å². The van der Waals surface area contributed by atoms with Crippen LogP contribution in [0.25, 0.3) is 6.08 Å². The average molecular weight is 435 g/mol. The quantitative estimate of drug-likeness (QED) is 0.501. The molecule has 1 aliphatic rings. The number of halogens is 6. The fourth-order valence-electron chi connectivity index (χ4n) is 3.41. The summed E-state index contributed by atoms with van der Waals surface area (Å²) in [7, 11) is 1.91. The van der Waals surface area contributed by atoms with Gasteiger partial charge in [0.25, 0.3) is 0 Å². The molecule has 2 atom stereocenters. The lowest BCUT2D eigenvalue weighted by Crippen LogP contribution is -2.19. The summed E-state index contributed by atoms with van der Waals surface area (Å²) in [6, 6.07) is 8.47. The van der Waals surface area contributed by atoms with Crippen molar-refractivity contribution in [1.29, 1.82) is 0 Å². The van der Waals surface area contributed by atoms with Crippen LogP contribution in [0.1, 0.15) is 40.6 Å². The van der Waals surface area contributed by atoms with Gasteiger partial charge in [0.05, 0.1) is 21.0 Å². The largest absolute Gasteiger partial charge is 0.399 e. The number of allylic oxidation sites excluding steroid dienone is 1. The Bertz CT molecular complexity index is 854. The Morgan fingerprint density at radius 2 is 1.78 bits per heavy atom. The third-order valence-electron chi connectivity index (χ3n) is 4.79. The van der Waals surface area contributed by atoms with Crippen LogP contribution in [0, 0.1) is 0 Å². The van der Waals surface area contributed by atoms with Crippen LogP contribution >= 0.6 is 34.8 Å². The van der Waals surface area contributed by atoms with Crippen LogP contribution in [0.2, 0.25) is 15.1 Å². The normalized spacial score (nSPS) is 18.1. The van der Waals surface area contributed by atoms with Crippen molar-refractivity contribution in [2.45, 2.75) is 31.0 Å². The van der Waals surface area contributed by atoms with Crippen molar-refractivity contribution in [3.8, 4) is 0 Å². The molecule has 1 N–H and O–H groups in total. The standard InChI is InChI=1S/C20H17Cl3F3N/c1-27-18-7-4-12-8-11(2-5-14(12)18)3-6-15(20(24,25)26)13-9-16(21)19(23)17(22)10-13/h2-3,5-6,8-10,15,18,27H,4,7H2,1H3/b6-3+. The Labute approximate surface area is 171 Å². The maximum Gasteiger partial charge on any atom is 0.399 e. The second-order valence-electron chi connectivity index (χ2n) is 6.52. The van der Waals surface area contributed by atoms with Gasteiger partial charge in [-0.25, -0.2) is 0 Å². The Hall–Kier alpha value is -1.20. The van der Waals surface area contributed by atoms with E-state index in [0.29, 0.717) is 6.04 Å². The van der Waals surface area contributed by atoms with Crippen molar-refractivity contribution in [2.24, 2.45) is 0 Å². The van der Waals surface area contributed by atoms with E-state index < -0.39 is 12.1 Å². The molecule has 0 bridgehead atoms. The lowest BCUT2D eigenvalue weighted by molar-refractivity contribution is -0.139. The number of hydrogen-bond acceptors (Lipinski definition) is 1. The number of alkyl halides is 3. The van der Waals surface area contributed by atoms with E-state index in [-0.39, 0.29) is 20.6 Å². The summed E-state index contributed by atoms with van der Waals surface area (Å²) in [5.41, 5.74) is 3.05. The van der Waals surface area contributed by atoms with Crippen LogP contribution in [-0.2, 0) is 6.42 Å². The highest BCUT2D eigenvalue weighted by atomic mass is 35.5. The molecule has 2 aromatic carbocycles. The second-order valence-corrected chi connectivity index (χ2v) is 7.71. The van der Waals surface area contributed by atoms with Gasteiger partial charge in [-0.1, -0.05) is 65.2 Å². The minimum absolute atomic E-state index is 0.00236. The van der Waals surface area contributed by atoms with Crippen LogP contribution < -0.4 is 5.32 Å². The summed E-state index contributed by atoms with van der Waals surface area (Å²) in [6.45, 7) is 0. The number of hydrogen-bond donors (Lipinski definition) is 1. The first-order valence-corrected chi connectivity index (χ1v) is 9.53. The van der Waals surface area contributed by atoms with Crippen LogP contribution in [0.15, 0.2) is 36.4 Å². The molecule has 0 heterocycles. The van der Waals surface area contributed by atoms with Gasteiger partial charge in [-0.3, -0.25) is 0 Å². The average Bonchev–Trinajstić information content (AvgIpc) is 3.01. The predicted molar refractivity (Wildman–Crippen MR) is 106 cm³/mol. The molecule has 27 heavy (non-hydrogen) atoms. The molecule has 2 unspecified atom stereocenters. The lowest BCUT2D eigenvalue weighted by atomic mass is 9.96.